The molecule has 12 heteroatoms. The molecule has 0 saturated heterocycles. The van der Waals surface area contributed by atoms with Gasteiger partial charge < -0.3 is 10.2 Å². The molecule has 188 valence electrons. The highest BCUT2D eigenvalue weighted by atomic mass is 35.5. The maximum Gasteiger partial charge on any atom is 0.272 e. The van der Waals surface area contributed by atoms with Crippen LogP contribution in [-0.2, 0) is 36.0 Å². The molecule has 0 unspecified atom stereocenters. The third kappa shape index (κ3) is 4.93. The van der Waals surface area contributed by atoms with E-state index in [0.717, 1.165) is 41.1 Å². The third-order valence-corrected chi connectivity index (χ3v) is 7.54. The van der Waals surface area contributed by atoms with E-state index in [1.165, 1.54) is 6.26 Å². The number of anilines is 1. The topological polar surface area (TPSA) is 115 Å². The van der Waals surface area contributed by atoms with Crippen LogP contribution in [-0.4, -0.2) is 57.7 Å². The first-order valence-electron chi connectivity index (χ1n) is 11.5. The fraction of sp³-hybridized carbons (Fsp3) is 0.333. The number of nitrogens with one attached hydrogen (secondary N) is 1. The minimum atomic E-state index is -3.22. The molecule has 1 aliphatic rings. The zero-order valence-electron chi connectivity index (χ0n) is 20.0. The lowest BCUT2D eigenvalue weighted by Gasteiger charge is -2.30. The number of benzene rings is 2. The predicted molar refractivity (Wildman–Crippen MR) is 138 cm³/mol. The van der Waals surface area contributed by atoms with Crippen LogP contribution in [0.25, 0.3) is 10.9 Å². The van der Waals surface area contributed by atoms with E-state index in [0.29, 0.717) is 23.5 Å². The number of halogens is 1. The Balaban J connectivity index is 1.49. The molecule has 0 atom stereocenters. The van der Waals surface area contributed by atoms with Crippen molar-refractivity contribution in [2.24, 2.45) is 0 Å². The summed E-state index contributed by atoms with van der Waals surface area (Å²) in [4.78, 5) is 15.4. The van der Waals surface area contributed by atoms with Crippen LogP contribution in [0.5, 0.6) is 0 Å². The summed E-state index contributed by atoms with van der Waals surface area (Å²) >= 11 is 5.95. The number of fused-ring (bicyclic) bond motifs is 2. The van der Waals surface area contributed by atoms with Crippen LogP contribution >= 0.6 is 11.6 Å². The van der Waals surface area contributed by atoms with Crippen LogP contribution in [0.3, 0.4) is 0 Å². The van der Waals surface area contributed by atoms with Crippen LogP contribution in [0.2, 0.25) is 5.02 Å². The molecule has 10 nitrogen and oxygen atoms in total. The monoisotopic (exact) mass is 527 g/mol. The number of rotatable bonds is 7. The maximum atomic E-state index is 13.2. The highest BCUT2D eigenvalue weighted by Crippen LogP contribution is 2.32. The van der Waals surface area contributed by atoms with Gasteiger partial charge in [0.1, 0.15) is 9.84 Å². The predicted octanol–water partition coefficient (Wildman–Crippen LogP) is 2.58. The average Bonchev–Trinajstić information content (AvgIpc) is 3.46. The van der Waals surface area contributed by atoms with Gasteiger partial charge in [0, 0.05) is 35.4 Å². The molecule has 0 radical (unpaired) electrons. The number of nitrogens with zero attached hydrogens (tertiary/aromatic N) is 6. The van der Waals surface area contributed by atoms with Gasteiger partial charge in [-0.25, -0.2) is 13.1 Å². The first-order chi connectivity index (χ1) is 17.2. The van der Waals surface area contributed by atoms with Gasteiger partial charge in [0.2, 0.25) is 0 Å². The quantitative estimate of drug-likeness (QED) is 0.393. The first-order valence-corrected chi connectivity index (χ1v) is 14.0. The van der Waals surface area contributed by atoms with Crippen molar-refractivity contribution in [2.45, 2.75) is 33.1 Å². The molecule has 2 aromatic carbocycles. The molecule has 0 saturated carbocycles. The van der Waals surface area contributed by atoms with Gasteiger partial charge in [-0.2, -0.15) is 5.10 Å². The summed E-state index contributed by atoms with van der Waals surface area (Å²) in [5.74, 6) is -0.401. The Morgan fingerprint density at radius 3 is 2.67 bits per heavy atom. The summed E-state index contributed by atoms with van der Waals surface area (Å²) in [6.07, 6.45) is 2.96. The van der Waals surface area contributed by atoms with Gasteiger partial charge in [-0.1, -0.05) is 28.9 Å². The lowest BCUT2D eigenvalue weighted by molar-refractivity contribution is 0.0946. The van der Waals surface area contributed by atoms with Crippen molar-refractivity contribution in [3.05, 3.63) is 70.1 Å². The summed E-state index contributed by atoms with van der Waals surface area (Å²) < 4.78 is 27.3. The van der Waals surface area contributed by atoms with Gasteiger partial charge >= 0.3 is 0 Å². The standard InChI is InChI=1S/C24H26ClN7O3S/c1-16-21(30-9-10-31-19(15-30)14-27-29-31)8-7-20-22(28-32(23(16)20)11-12-36(2,34)35)24(33)26-13-17-3-5-18(25)6-4-17/h3-8,14H,9-13,15H2,1-2H3,(H,26,33). The van der Waals surface area contributed by atoms with Crippen molar-refractivity contribution in [1.29, 1.82) is 0 Å². The van der Waals surface area contributed by atoms with Gasteiger partial charge in [-0.15, -0.1) is 5.10 Å². The summed E-state index contributed by atoms with van der Waals surface area (Å²) in [6, 6.07) is 11.1. The van der Waals surface area contributed by atoms with E-state index in [4.69, 9.17) is 11.6 Å². The summed E-state index contributed by atoms with van der Waals surface area (Å²) in [6.45, 7) is 4.59. The Bertz CT molecular complexity index is 1540. The Hall–Kier alpha value is -3.44. The molecule has 1 amide bonds. The number of aryl methyl sites for hydroxylation is 2. The molecule has 0 bridgehead atoms. The van der Waals surface area contributed by atoms with E-state index >= 15 is 0 Å². The van der Waals surface area contributed by atoms with Crippen LogP contribution in [0, 0.1) is 6.92 Å². The molecule has 36 heavy (non-hydrogen) atoms. The maximum absolute atomic E-state index is 13.2. The van der Waals surface area contributed by atoms with E-state index in [1.54, 1.807) is 23.0 Å². The molecule has 4 aromatic rings. The second kappa shape index (κ2) is 9.55. The van der Waals surface area contributed by atoms with Gasteiger partial charge in [-0.05, 0) is 42.3 Å². The minimum Gasteiger partial charge on any atom is -0.363 e. The van der Waals surface area contributed by atoms with Crippen molar-refractivity contribution in [2.75, 3.05) is 23.5 Å². The van der Waals surface area contributed by atoms with Crippen LogP contribution in [0.4, 0.5) is 5.69 Å². The zero-order chi connectivity index (χ0) is 25.4. The smallest absolute Gasteiger partial charge is 0.272 e. The fourth-order valence-electron chi connectivity index (χ4n) is 4.52. The van der Waals surface area contributed by atoms with E-state index in [9.17, 15) is 13.2 Å². The number of carbonyl (C=O) groups excluding carboxylic acids is 1. The summed E-state index contributed by atoms with van der Waals surface area (Å²) in [5.41, 5.74) is 4.89. The van der Waals surface area contributed by atoms with Gasteiger partial charge in [-0.3, -0.25) is 9.48 Å². The van der Waals surface area contributed by atoms with Crippen molar-refractivity contribution < 1.29 is 13.2 Å². The molecule has 0 fully saturated rings. The molecule has 3 heterocycles. The van der Waals surface area contributed by atoms with Gasteiger partial charge in [0.05, 0.1) is 42.8 Å². The largest absolute Gasteiger partial charge is 0.363 e. The Morgan fingerprint density at radius 1 is 1.14 bits per heavy atom. The van der Waals surface area contributed by atoms with E-state index in [-0.39, 0.29) is 23.9 Å². The second-order valence-electron chi connectivity index (χ2n) is 8.99. The molecule has 0 spiro atoms. The highest BCUT2D eigenvalue weighted by Gasteiger charge is 2.24. The third-order valence-electron chi connectivity index (χ3n) is 6.36. The number of amides is 1. The number of hydrogen-bond acceptors (Lipinski definition) is 7. The molecule has 0 aliphatic carbocycles. The van der Waals surface area contributed by atoms with Crippen molar-refractivity contribution in [3.8, 4) is 0 Å². The van der Waals surface area contributed by atoms with E-state index < -0.39 is 9.84 Å². The van der Waals surface area contributed by atoms with Crippen LogP contribution in [0.1, 0.15) is 27.3 Å². The van der Waals surface area contributed by atoms with Crippen LogP contribution in [0.15, 0.2) is 42.6 Å². The lowest BCUT2D eigenvalue weighted by Crippen LogP contribution is -2.34. The number of hydrogen-bond donors (Lipinski definition) is 1. The summed E-state index contributed by atoms with van der Waals surface area (Å²) in [7, 11) is -3.22. The normalized spacial score (nSPS) is 13.7. The zero-order valence-corrected chi connectivity index (χ0v) is 21.6. The first kappa shape index (κ1) is 24.3. The number of carbonyl (C=O) groups is 1. The minimum absolute atomic E-state index is 0.0755. The van der Waals surface area contributed by atoms with Crippen molar-refractivity contribution >= 4 is 43.9 Å². The molecule has 1 N–H and O–H groups in total. The molecule has 5 rings (SSSR count). The van der Waals surface area contributed by atoms with Gasteiger partial charge in [0.25, 0.3) is 5.91 Å². The Morgan fingerprint density at radius 2 is 1.92 bits per heavy atom. The van der Waals surface area contributed by atoms with Crippen molar-refractivity contribution in [1.82, 2.24) is 30.1 Å². The SMILES string of the molecule is Cc1c(N2CCn3nncc3C2)ccc2c(C(=O)NCc3ccc(Cl)cc3)nn(CCS(C)(=O)=O)c12. The fourth-order valence-corrected chi connectivity index (χ4v) is 5.15. The highest BCUT2D eigenvalue weighted by molar-refractivity contribution is 7.90. The van der Waals surface area contributed by atoms with E-state index in [2.05, 4.69) is 25.6 Å². The molecule has 2 aromatic heterocycles. The summed E-state index contributed by atoms with van der Waals surface area (Å²) in [5, 5.41) is 16.9. The van der Waals surface area contributed by atoms with Crippen LogP contribution < -0.4 is 10.2 Å². The van der Waals surface area contributed by atoms with E-state index in [1.807, 2.05) is 35.9 Å². The van der Waals surface area contributed by atoms with Gasteiger partial charge in [0.15, 0.2) is 5.69 Å². The molecule has 1 aliphatic heterocycles. The molecular formula is C24H26ClN7O3S. The number of sulfone groups is 1. The second-order valence-corrected chi connectivity index (χ2v) is 11.7. The Labute approximate surface area is 213 Å². The number of aromatic nitrogens is 5. The molecular weight excluding hydrogens is 502 g/mol. The Kier molecular flexibility index (Phi) is 6.44. The van der Waals surface area contributed by atoms with Crippen molar-refractivity contribution in [3.63, 3.8) is 0 Å². The average molecular weight is 528 g/mol. The lowest BCUT2D eigenvalue weighted by atomic mass is 10.1.